The maximum Gasteiger partial charge on any atom is 0.343 e. The maximum atomic E-state index is 12.3. The lowest BCUT2D eigenvalue weighted by molar-refractivity contribution is 0.0526. The number of carbonyl (C=O) groups excluding carboxylic acids is 1. The lowest BCUT2D eigenvalue weighted by Gasteiger charge is -2.29. The lowest BCUT2D eigenvalue weighted by atomic mass is 10.1. The second-order valence-corrected chi connectivity index (χ2v) is 6.62. The predicted octanol–water partition coefficient (Wildman–Crippen LogP) is 4.07. The van der Waals surface area contributed by atoms with Crippen LogP contribution in [0.15, 0.2) is 34.9 Å². The van der Waals surface area contributed by atoms with Crippen molar-refractivity contribution in [2.24, 2.45) is 0 Å². The molecule has 1 aromatic carbocycles. The highest BCUT2D eigenvalue weighted by atomic mass is 79.9. The van der Waals surface area contributed by atoms with Gasteiger partial charge in [0.1, 0.15) is 11.4 Å². The van der Waals surface area contributed by atoms with E-state index >= 15 is 0 Å². The van der Waals surface area contributed by atoms with E-state index in [-0.39, 0.29) is 5.97 Å². The smallest absolute Gasteiger partial charge is 0.343 e. The van der Waals surface area contributed by atoms with Gasteiger partial charge < -0.3 is 9.64 Å². The predicted molar refractivity (Wildman–Crippen MR) is 97.2 cm³/mol. The molecule has 1 fully saturated rings. The Labute approximate surface area is 150 Å². The van der Waals surface area contributed by atoms with Gasteiger partial charge in [-0.05, 0) is 38.3 Å². The summed E-state index contributed by atoms with van der Waals surface area (Å²) in [6.45, 7) is 3.95. The standard InChI is InChI=1S/C18H20BrN3O2/c1-2-24-18(23)15-12-20-16(13-6-8-14(19)9-7-13)21-17(15)22-10-4-3-5-11-22/h6-9,12H,2-5,10-11H2,1H3. The molecule has 0 unspecified atom stereocenters. The number of benzene rings is 1. The summed E-state index contributed by atoms with van der Waals surface area (Å²) in [5, 5.41) is 0. The van der Waals surface area contributed by atoms with Crippen LogP contribution in [-0.4, -0.2) is 35.6 Å². The third-order valence-electron chi connectivity index (χ3n) is 4.02. The van der Waals surface area contributed by atoms with Gasteiger partial charge in [-0.25, -0.2) is 14.8 Å². The quantitative estimate of drug-likeness (QED) is 0.737. The number of piperidine rings is 1. The van der Waals surface area contributed by atoms with Crippen LogP contribution in [-0.2, 0) is 4.74 Å². The van der Waals surface area contributed by atoms with Crippen LogP contribution in [0.3, 0.4) is 0 Å². The number of aromatic nitrogens is 2. The van der Waals surface area contributed by atoms with Gasteiger partial charge in [0, 0.05) is 29.3 Å². The van der Waals surface area contributed by atoms with E-state index in [1.807, 2.05) is 24.3 Å². The Hall–Kier alpha value is -1.95. The Morgan fingerprint density at radius 3 is 2.58 bits per heavy atom. The molecule has 0 amide bonds. The fourth-order valence-electron chi connectivity index (χ4n) is 2.81. The number of hydrogen-bond donors (Lipinski definition) is 0. The van der Waals surface area contributed by atoms with Crippen molar-refractivity contribution in [3.05, 3.63) is 40.5 Å². The van der Waals surface area contributed by atoms with Crippen molar-refractivity contribution >= 4 is 27.7 Å². The average Bonchev–Trinajstić information content (AvgIpc) is 2.63. The zero-order chi connectivity index (χ0) is 16.9. The lowest BCUT2D eigenvalue weighted by Crippen LogP contribution is -2.32. The first-order chi connectivity index (χ1) is 11.7. The van der Waals surface area contributed by atoms with E-state index < -0.39 is 0 Å². The minimum absolute atomic E-state index is 0.340. The number of esters is 1. The Bertz CT molecular complexity index is 713. The minimum Gasteiger partial charge on any atom is -0.462 e. The number of ether oxygens (including phenoxy) is 1. The molecule has 0 atom stereocenters. The molecule has 2 aromatic rings. The van der Waals surface area contributed by atoms with Crippen molar-refractivity contribution in [2.75, 3.05) is 24.6 Å². The molecule has 1 aliphatic rings. The minimum atomic E-state index is -0.361. The van der Waals surface area contributed by atoms with E-state index in [9.17, 15) is 4.79 Å². The molecule has 0 radical (unpaired) electrons. The van der Waals surface area contributed by atoms with E-state index in [0.717, 1.165) is 36.0 Å². The number of rotatable bonds is 4. The summed E-state index contributed by atoms with van der Waals surface area (Å²) in [6, 6.07) is 7.84. The molecule has 1 aromatic heterocycles. The highest BCUT2D eigenvalue weighted by Gasteiger charge is 2.22. The van der Waals surface area contributed by atoms with Gasteiger partial charge in [0.2, 0.25) is 0 Å². The van der Waals surface area contributed by atoms with Gasteiger partial charge in [0.15, 0.2) is 5.82 Å². The SMILES string of the molecule is CCOC(=O)c1cnc(-c2ccc(Br)cc2)nc1N1CCCCC1. The van der Waals surface area contributed by atoms with Gasteiger partial charge >= 0.3 is 5.97 Å². The molecular weight excluding hydrogens is 370 g/mol. The van der Waals surface area contributed by atoms with Crippen molar-refractivity contribution in [2.45, 2.75) is 26.2 Å². The molecule has 0 spiro atoms. The van der Waals surface area contributed by atoms with E-state index in [4.69, 9.17) is 9.72 Å². The summed E-state index contributed by atoms with van der Waals surface area (Å²) in [5.41, 5.74) is 1.37. The number of nitrogens with zero attached hydrogens (tertiary/aromatic N) is 3. The molecule has 1 saturated heterocycles. The van der Waals surface area contributed by atoms with E-state index in [2.05, 4.69) is 25.8 Å². The second-order valence-electron chi connectivity index (χ2n) is 5.71. The normalized spacial score (nSPS) is 14.5. The average molecular weight is 390 g/mol. The molecule has 1 aliphatic heterocycles. The van der Waals surface area contributed by atoms with Crippen molar-refractivity contribution in [3.8, 4) is 11.4 Å². The van der Waals surface area contributed by atoms with Gasteiger partial charge in [-0.1, -0.05) is 28.1 Å². The number of carbonyl (C=O) groups is 1. The fraction of sp³-hybridized carbons (Fsp3) is 0.389. The van der Waals surface area contributed by atoms with Crippen LogP contribution in [0, 0.1) is 0 Å². The monoisotopic (exact) mass is 389 g/mol. The van der Waals surface area contributed by atoms with E-state index in [1.54, 1.807) is 13.1 Å². The van der Waals surface area contributed by atoms with Gasteiger partial charge in [-0.3, -0.25) is 0 Å². The molecule has 126 valence electrons. The zero-order valence-electron chi connectivity index (χ0n) is 13.7. The summed E-state index contributed by atoms with van der Waals surface area (Å²) in [6.07, 6.45) is 5.03. The first-order valence-electron chi connectivity index (χ1n) is 8.24. The van der Waals surface area contributed by atoms with Gasteiger partial charge in [0.05, 0.1) is 6.61 Å². The Morgan fingerprint density at radius 1 is 1.21 bits per heavy atom. The van der Waals surface area contributed by atoms with Gasteiger partial charge in [0.25, 0.3) is 0 Å². The summed E-state index contributed by atoms with van der Waals surface area (Å²) >= 11 is 3.43. The number of halogens is 1. The Morgan fingerprint density at radius 2 is 1.92 bits per heavy atom. The third-order valence-corrected chi connectivity index (χ3v) is 4.55. The summed E-state index contributed by atoms with van der Waals surface area (Å²) in [4.78, 5) is 23.5. The fourth-order valence-corrected chi connectivity index (χ4v) is 3.07. The largest absolute Gasteiger partial charge is 0.462 e. The zero-order valence-corrected chi connectivity index (χ0v) is 15.3. The molecule has 0 N–H and O–H groups in total. The highest BCUT2D eigenvalue weighted by molar-refractivity contribution is 9.10. The van der Waals surface area contributed by atoms with Crippen LogP contribution in [0.5, 0.6) is 0 Å². The first-order valence-corrected chi connectivity index (χ1v) is 9.03. The molecule has 0 bridgehead atoms. The summed E-state index contributed by atoms with van der Waals surface area (Å²) in [7, 11) is 0. The molecule has 0 saturated carbocycles. The van der Waals surface area contributed by atoms with E-state index in [1.165, 1.54) is 6.42 Å². The van der Waals surface area contributed by atoms with Crippen molar-refractivity contribution < 1.29 is 9.53 Å². The molecule has 3 rings (SSSR count). The molecule has 5 nitrogen and oxygen atoms in total. The Balaban J connectivity index is 2.00. The molecule has 2 heterocycles. The van der Waals surface area contributed by atoms with Crippen molar-refractivity contribution in [1.82, 2.24) is 9.97 Å². The van der Waals surface area contributed by atoms with Crippen LogP contribution in [0.25, 0.3) is 11.4 Å². The van der Waals surface area contributed by atoms with E-state index in [0.29, 0.717) is 23.8 Å². The number of anilines is 1. The Kier molecular flexibility index (Phi) is 5.45. The summed E-state index contributed by atoms with van der Waals surface area (Å²) in [5.74, 6) is 0.942. The molecule has 24 heavy (non-hydrogen) atoms. The first kappa shape index (κ1) is 16.9. The van der Waals surface area contributed by atoms with Crippen molar-refractivity contribution in [1.29, 1.82) is 0 Å². The molecule has 0 aliphatic carbocycles. The molecular formula is C18H20BrN3O2. The maximum absolute atomic E-state index is 12.3. The van der Waals surface area contributed by atoms with Crippen LogP contribution in [0.4, 0.5) is 5.82 Å². The number of hydrogen-bond acceptors (Lipinski definition) is 5. The van der Waals surface area contributed by atoms with Crippen LogP contribution < -0.4 is 4.90 Å². The van der Waals surface area contributed by atoms with Crippen LogP contribution >= 0.6 is 15.9 Å². The summed E-state index contributed by atoms with van der Waals surface area (Å²) < 4.78 is 6.17. The second kappa shape index (κ2) is 7.75. The van der Waals surface area contributed by atoms with Crippen LogP contribution in [0.2, 0.25) is 0 Å². The van der Waals surface area contributed by atoms with Crippen molar-refractivity contribution in [3.63, 3.8) is 0 Å². The highest BCUT2D eigenvalue weighted by Crippen LogP contribution is 2.26. The topological polar surface area (TPSA) is 55.3 Å². The van der Waals surface area contributed by atoms with Gasteiger partial charge in [-0.2, -0.15) is 0 Å². The molecule has 6 heteroatoms. The van der Waals surface area contributed by atoms with Crippen LogP contribution in [0.1, 0.15) is 36.5 Å². The van der Waals surface area contributed by atoms with Gasteiger partial charge in [-0.15, -0.1) is 0 Å². The third kappa shape index (κ3) is 3.75.